The minimum atomic E-state index is -1.12. The lowest BCUT2D eigenvalue weighted by Gasteiger charge is -2.11. The van der Waals surface area contributed by atoms with Gasteiger partial charge in [-0.05, 0) is 24.6 Å². The number of hydrogen-bond donors (Lipinski definition) is 2. The Bertz CT molecular complexity index is 463. The van der Waals surface area contributed by atoms with Crippen molar-refractivity contribution in [3.63, 3.8) is 0 Å². The van der Waals surface area contributed by atoms with E-state index in [4.69, 9.17) is 5.11 Å². The highest BCUT2D eigenvalue weighted by Gasteiger charge is 2.17. The first kappa shape index (κ1) is 14.1. The van der Waals surface area contributed by atoms with E-state index in [0.29, 0.717) is 6.42 Å². The van der Waals surface area contributed by atoms with Gasteiger partial charge in [0.05, 0.1) is 5.92 Å². The van der Waals surface area contributed by atoms with E-state index in [2.05, 4.69) is 5.32 Å². The number of carbonyl (C=O) groups is 2. The van der Waals surface area contributed by atoms with Crippen molar-refractivity contribution in [1.29, 1.82) is 0 Å². The smallest absolute Gasteiger partial charge is 0.308 e. The van der Waals surface area contributed by atoms with Gasteiger partial charge >= 0.3 is 5.97 Å². The van der Waals surface area contributed by atoms with Gasteiger partial charge < -0.3 is 10.4 Å². The molecule has 2 N–H and O–H groups in total. The molecule has 98 valence electrons. The van der Waals surface area contributed by atoms with Crippen LogP contribution in [0.15, 0.2) is 18.2 Å². The van der Waals surface area contributed by atoms with Crippen LogP contribution in [0, 0.1) is 17.6 Å². The number of halogens is 2. The van der Waals surface area contributed by atoms with E-state index >= 15 is 0 Å². The number of aliphatic carboxylic acids is 1. The molecule has 1 unspecified atom stereocenters. The molecule has 0 fully saturated rings. The van der Waals surface area contributed by atoms with Crippen molar-refractivity contribution < 1.29 is 23.5 Å². The molecule has 0 aromatic heterocycles. The fourth-order valence-corrected chi connectivity index (χ4v) is 1.36. The predicted molar refractivity (Wildman–Crippen MR) is 60.1 cm³/mol. The fourth-order valence-electron chi connectivity index (χ4n) is 1.36. The normalized spacial score (nSPS) is 11.9. The number of carboxylic acids is 1. The average molecular weight is 257 g/mol. The van der Waals surface area contributed by atoms with Gasteiger partial charge in [-0.25, -0.2) is 8.78 Å². The van der Waals surface area contributed by atoms with Crippen LogP contribution in [-0.2, 0) is 4.79 Å². The Balaban J connectivity index is 2.65. The lowest BCUT2D eigenvalue weighted by Crippen LogP contribution is -2.32. The van der Waals surface area contributed by atoms with E-state index in [1.807, 2.05) is 0 Å². The van der Waals surface area contributed by atoms with Gasteiger partial charge in [-0.15, -0.1) is 0 Å². The number of benzene rings is 1. The first-order valence-corrected chi connectivity index (χ1v) is 5.41. The molecule has 1 amide bonds. The Labute approximate surface area is 103 Å². The predicted octanol–water partition coefficient (Wildman–Crippen LogP) is 1.81. The van der Waals surface area contributed by atoms with Crippen molar-refractivity contribution in [1.82, 2.24) is 5.32 Å². The van der Waals surface area contributed by atoms with E-state index in [1.54, 1.807) is 6.92 Å². The minimum Gasteiger partial charge on any atom is -0.481 e. The van der Waals surface area contributed by atoms with E-state index in [-0.39, 0.29) is 12.1 Å². The van der Waals surface area contributed by atoms with Crippen molar-refractivity contribution in [3.05, 3.63) is 35.4 Å². The Morgan fingerprint density at radius 3 is 2.50 bits per heavy atom. The first-order valence-electron chi connectivity index (χ1n) is 5.41. The highest BCUT2D eigenvalue weighted by atomic mass is 19.2. The van der Waals surface area contributed by atoms with Crippen LogP contribution in [0.5, 0.6) is 0 Å². The minimum absolute atomic E-state index is 0.0471. The molecule has 0 spiro atoms. The van der Waals surface area contributed by atoms with Gasteiger partial charge in [0.2, 0.25) is 0 Å². The monoisotopic (exact) mass is 257 g/mol. The summed E-state index contributed by atoms with van der Waals surface area (Å²) in [6.45, 7) is 1.63. The van der Waals surface area contributed by atoms with Gasteiger partial charge in [0.25, 0.3) is 5.91 Å². The number of hydrogen-bond acceptors (Lipinski definition) is 2. The molecule has 1 aromatic rings. The molecule has 1 rings (SSSR count). The molecule has 0 bridgehead atoms. The molecule has 0 saturated heterocycles. The van der Waals surface area contributed by atoms with Crippen LogP contribution in [-0.4, -0.2) is 23.5 Å². The third-order valence-corrected chi connectivity index (χ3v) is 2.53. The summed E-state index contributed by atoms with van der Waals surface area (Å²) in [6, 6.07) is 2.75. The first-order chi connectivity index (χ1) is 8.45. The third-order valence-electron chi connectivity index (χ3n) is 2.53. The van der Waals surface area contributed by atoms with Crippen LogP contribution >= 0.6 is 0 Å². The molecule has 0 aliphatic carbocycles. The maximum absolute atomic E-state index is 12.9. The highest BCUT2D eigenvalue weighted by Crippen LogP contribution is 2.09. The van der Waals surface area contributed by atoms with Crippen LogP contribution in [0.3, 0.4) is 0 Å². The molecule has 0 heterocycles. The number of amides is 1. The van der Waals surface area contributed by atoms with E-state index in [1.165, 1.54) is 0 Å². The molecule has 1 aromatic carbocycles. The third kappa shape index (κ3) is 3.51. The number of rotatable bonds is 5. The van der Waals surface area contributed by atoms with Gasteiger partial charge in [0.1, 0.15) is 0 Å². The topological polar surface area (TPSA) is 66.4 Å². The summed E-state index contributed by atoms with van der Waals surface area (Å²) >= 11 is 0. The largest absolute Gasteiger partial charge is 0.481 e. The summed E-state index contributed by atoms with van der Waals surface area (Å²) in [7, 11) is 0. The molecular weight excluding hydrogens is 244 g/mol. The van der Waals surface area contributed by atoms with Gasteiger partial charge in [-0.2, -0.15) is 0 Å². The van der Waals surface area contributed by atoms with Crippen LogP contribution < -0.4 is 5.32 Å². The van der Waals surface area contributed by atoms with Crippen LogP contribution in [0.25, 0.3) is 0 Å². The Morgan fingerprint density at radius 2 is 2.00 bits per heavy atom. The molecule has 0 aliphatic rings. The summed E-state index contributed by atoms with van der Waals surface area (Å²) in [4.78, 5) is 22.3. The van der Waals surface area contributed by atoms with Gasteiger partial charge in [0, 0.05) is 12.1 Å². The van der Waals surface area contributed by atoms with Crippen molar-refractivity contribution in [2.24, 2.45) is 5.92 Å². The van der Waals surface area contributed by atoms with Crippen molar-refractivity contribution in [2.45, 2.75) is 13.3 Å². The van der Waals surface area contributed by atoms with Crippen molar-refractivity contribution in [3.8, 4) is 0 Å². The molecule has 6 heteroatoms. The quantitative estimate of drug-likeness (QED) is 0.845. The second-order valence-corrected chi connectivity index (χ2v) is 3.78. The Kier molecular flexibility index (Phi) is 4.76. The maximum Gasteiger partial charge on any atom is 0.308 e. The zero-order chi connectivity index (χ0) is 13.7. The second kappa shape index (κ2) is 6.09. The van der Waals surface area contributed by atoms with E-state index in [0.717, 1.165) is 18.2 Å². The Hall–Kier alpha value is -1.98. The fraction of sp³-hybridized carbons (Fsp3) is 0.333. The lowest BCUT2D eigenvalue weighted by molar-refractivity contribution is -0.141. The molecule has 4 nitrogen and oxygen atoms in total. The second-order valence-electron chi connectivity index (χ2n) is 3.78. The Morgan fingerprint density at radius 1 is 1.33 bits per heavy atom. The van der Waals surface area contributed by atoms with E-state index < -0.39 is 29.4 Å². The van der Waals surface area contributed by atoms with Gasteiger partial charge in [-0.1, -0.05) is 6.92 Å². The van der Waals surface area contributed by atoms with Crippen molar-refractivity contribution >= 4 is 11.9 Å². The maximum atomic E-state index is 12.9. The summed E-state index contributed by atoms with van der Waals surface area (Å²) in [5.41, 5.74) is -0.0471. The SMILES string of the molecule is CCC(CNC(=O)c1ccc(F)c(F)c1)C(=O)O. The molecule has 18 heavy (non-hydrogen) atoms. The summed E-state index contributed by atoms with van der Waals surface area (Å²) in [5.74, 6) is -4.49. The van der Waals surface area contributed by atoms with Crippen molar-refractivity contribution in [2.75, 3.05) is 6.54 Å². The van der Waals surface area contributed by atoms with Crippen LogP contribution in [0.4, 0.5) is 8.78 Å². The molecule has 0 radical (unpaired) electrons. The average Bonchev–Trinajstić information content (AvgIpc) is 2.32. The standard InChI is InChI=1S/C12H13F2NO3/c1-2-7(12(17)18)6-15-11(16)8-3-4-9(13)10(14)5-8/h3-5,7H,2,6H2,1H3,(H,15,16)(H,17,18). The number of carbonyl (C=O) groups excluding carboxylic acids is 1. The zero-order valence-corrected chi connectivity index (χ0v) is 9.74. The highest BCUT2D eigenvalue weighted by molar-refractivity contribution is 5.94. The zero-order valence-electron chi connectivity index (χ0n) is 9.74. The lowest BCUT2D eigenvalue weighted by atomic mass is 10.1. The van der Waals surface area contributed by atoms with Crippen LogP contribution in [0.2, 0.25) is 0 Å². The molecule has 0 aliphatic heterocycles. The summed E-state index contributed by atoms with van der Waals surface area (Å²) < 4.78 is 25.5. The number of carboxylic acid groups (broad SMARTS) is 1. The number of nitrogens with one attached hydrogen (secondary N) is 1. The molecular formula is C12H13F2NO3. The van der Waals surface area contributed by atoms with Crippen LogP contribution in [0.1, 0.15) is 23.7 Å². The van der Waals surface area contributed by atoms with E-state index in [9.17, 15) is 18.4 Å². The molecule has 1 atom stereocenters. The molecule has 0 saturated carbocycles. The summed E-state index contributed by atoms with van der Waals surface area (Å²) in [5, 5.41) is 11.1. The van der Waals surface area contributed by atoms with Gasteiger partial charge in [-0.3, -0.25) is 9.59 Å². The van der Waals surface area contributed by atoms with Gasteiger partial charge in [0.15, 0.2) is 11.6 Å². The summed E-state index contributed by atoms with van der Waals surface area (Å²) in [6.07, 6.45) is 0.368.